The zero-order valence-electron chi connectivity index (χ0n) is 3.51. The van der Waals surface area contributed by atoms with Crippen LogP contribution in [-0.4, -0.2) is 11.3 Å². The summed E-state index contributed by atoms with van der Waals surface area (Å²) in [7, 11) is 0. The molecule has 0 aliphatic carbocycles. The van der Waals surface area contributed by atoms with Crippen molar-refractivity contribution >= 4 is 17.4 Å². The third-order valence-electron chi connectivity index (χ3n) is 0.256. The van der Waals surface area contributed by atoms with Crippen LogP contribution < -0.4 is 5.73 Å². The fraction of sp³-hybridized carbons (Fsp3) is 0.667. The van der Waals surface area contributed by atoms with Crippen molar-refractivity contribution in [1.82, 2.24) is 0 Å². The van der Waals surface area contributed by atoms with E-state index in [9.17, 15) is 0 Å². The molecule has 0 radical (unpaired) electrons. The van der Waals surface area contributed by atoms with Gasteiger partial charge in [-0.15, -0.1) is 0 Å². The first-order chi connectivity index (χ1) is 2.77. The summed E-state index contributed by atoms with van der Waals surface area (Å²) in [6.07, 6.45) is -0.192. The molecule has 0 aromatic heterocycles. The van der Waals surface area contributed by atoms with E-state index in [2.05, 4.69) is 22.4 Å². The average Bonchev–Trinajstić information content (AvgIpc) is 1.35. The molecule has 0 aliphatic rings. The Bertz CT molecular complexity index is 72.9. The van der Waals surface area contributed by atoms with Gasteiger partial charge in [0.2, 0.25) is 0 Å². The van der Waals surface area contributed by atoms with Crippen molar-refractivity contribution in [2.45, 2.75) is 13.1 Å². The Labute approximate surface area is 42.1 Å². The first-order valence-corrected chi connectivity index (χ1v) is 2.00. The van der Waals surface area contributed by atoms with Crippen LogP contribution >= 0.6 is 12.2 Å². The zero-order valence-corrected chi connectivity index (χ0v) is 4.33. The molecular formula is C3H6N2S. The molecule has 2 N–H and O–H groups in total. The normalized spacial score (nSPS) is 12.3. The Morgan fingerprint density at radius 2 is 2.50 bits per heavy atom. The van der Waals surface area contributed by atoms with Gasteiger partial charge in [0.1, 0.15) is 6.17 Å². The fourth-order valence-corrected chi connectivity index (χ4v) is 0.249. The quantitative estimate of drug-likeness (QED) is 0.384. The molecule has 0 amide bonds. The number of hydrogen-bond donors (Lipinski definition) is 1. The van der Waals surface area contributed by atoms with Crippen molar-refractivity contribution in [1.29, 1.82) is 0 Å². The molecule has 0 aliphatic heterocycles. The summed E-state index contributed by atoms with van der Waals surface area (Å²) in [5, 5.41) is 2.15. The van der Waals surface area contributed by atoms with E-state index in [1.807, 2.05) is 0 Å². The van der Waals surface area contributed by atoms with Gasteiger partial charge in [-0.05, 0) is 19.1 Å². The first kappa shape index (κ1) is 5.76. The van der Waals surface area contributed by atoms with Crippen LogP contribution in [0.3, 0.4) is 0 Å². The summed E-state index contributed by atoms with van der Waals surface area (Å²) < 4.78 is 0. The minimum atomic E-state index is -0.192. The van der Waals surface area contributed by atoms with Gasteiger partial charge in [0.15, 0.2) is 0 Å². The molecular weight excluding hydrogens is 96.1 g/mol. The number of hydrogen-bond acceptors (Lipinski definition) is 3. The van der Waals surface area contributed by atoms with Gasteiger partial charge in [0, 0.05) is 0 Å². The van der Waals surface area contributed by atoms with Gasteiger partial charge in [0.05, 0.1) is 5.16 Å². The smallest absolute Gasteiger partial charge is 0.104 e. The van der Waals surface area contributed by atoms with E-state index < -0.39 is 0 Å². The summed E-state index contributed by atoms with van der Waals surface area (Å²) in [5.74, 6) is 0. The molecule has 0 aromatic carbocycles. The molecule has 0 aromatic rings. The average molecular weight is 102 g/mol. The molecule has 34 valence electrons. The van der Waals surface area contributed by atoms with Crippen LogP contribution in [0.4, 0.5) is 0 Å². The van der Waals surface area contributed by atoms with Crippen molar-refractivity contribution in [3.05, 3.63) is 0 Å². The lowest BCUT2D eigenvalue weighted by molar-refractivity contribution is 0.799. The lowest BCUT2D eigenvalue weighted by Gasteiger charge is -1.85. The Hall–Kier alpha value is -0.240. The number of rotatable bonds is 1. The van der Waals surface area contributed by atoms with Crippen molar-refractivity contribution in [2.24, 2.45) is 10.7 Å². The topological polar surface area (TPSA) is 38.4 Å². The van der Waals surface area contributed by atoms with Crippen LogP contribution in [-0.2, 0) is 0 Å². The van der Waals surface area contributed by atoms with E-state index in [1.165, 1.54) is 0 Å². The van der Waals surface area contributed by atoms with Crippen LogP contribution in [0.1, 0.15) is 6.92 Å². The van der Waals surface area contributed by atoms with E-state index in [1.54, 1.807) is 6.92 Å². The summed E-state index contributed by atoms with van der Waals surface area (Å²) >= 11 is 4.23. The Morgan fingerprint density at radius 1 is 2.00 bits per heavy atom. The SMILES string of the molecule is CC(N)N=C=S. The van der Waals surface area contributed by atoms with Crippen molar-refractivity contribution in [2.75, 3.05) is 0 Å². The van der Waals surface area contributed by atoms with Gasteiger partial charge in [0.25, 0.3) is 0 Å². The molecule has 1 atom stereocenters. The molecule has 0 rings (SSSR count). The van der Waals surface area contributed by atoms with Crippen molar-refractivity contribution < 1.29 is 0 Å². The fourth-order valence-electron chi connectivity index (χ4n) is 0.0831. The number of aliphatic imine (C=N–C) groups is 1. The third-order valence-corrected chi connectivity index (χ3v) is 0.362. The summed E-state index contributed by atoms with van der Waals surface area (Å²) in [5.41, 5.74) is 5.11. The van der Waals surface area contributed by atoms with E-state index in [-0.39, 0.29) is 6.17 Å². The number of thiocarbonyl (C=S) groups is 1. The van der Waals surface area contributed by atoms with Crippen LogP contribution in [0.2, 0.25) is 0 Å². The van der Waals surface area contributed by atoms with Gasteiger partial charge in [-0.3, -0.25) is 0 Å². The van der Waals surface area contributed by atoms with E-state index in [0.717, 1.165) is 0 Å². The highest BCUT2D eigenvalue weighted by Gasteiger charge is 1.76. The number of isothiocyanates is 1. The predicted molar refractivity (Wildman–Crippen MR) is 28.7 cm³/mol. The van der Waals surface area contributed by atoms with Gasteiger partial charge in [-0.1, -0.05) is 0 Å². The van der Waals surface area contributed by atoms with Gasteiger partial charge in [-0.25, -0.2) is 4.99 Å². The molecule has 0 heterocycles. The highest BCUT2D eigenvalue weighted by atomic mass is 32.1. The Kier molecular flexibility index (Phi) is 2.85. The highest BCUT2D eigenvalue weighted by molar-refractivity contribution is 7.78. The number of nitrogens with two attached hydrogens (primary N) is 1. The second-order valence-electron chi connectivity index (χ2n) is 0.961. The summed E-state index contributed by atoms with van der Waals surface area (Å²) in [6.45, 7) is 1.74. The van der Waals surface area contributed by atoms with Gasteiger partial charge in [-0.2, -0.15) is 0 Å². The maximum absolute atomic E-state index is 5.11. The maximum atomic E-state index is 5.11. The minimum absolute atomic E-state index is 0.192. The van der Waals surface area contributed by atoms with Crippen LogP contribution in [0.5, 0.6) is 0 Å². The molecule has 2 nitrogen and oxygen atoms in total. The Morgan fingerprint density at radius 3 is 2.50 bits per heavy atom. The first-order valence-electron chi connectivity index (χ1n) is 1.60. The van der Waals surface area contributed by atoms with Crippen molar-refractivity contribution in [3.8, 4) is 0 Å². The third kappa shape index (κ3) is 3.76. The van der Waals surface area contributed by atoms with Gasteiger partial charge < -0.3 is 5.73 Å². The monoisotopic (exact) mass is 102 g/mol. The predicted octanol–water partition coefficient (Wildman–Crippen LogP) is 0.394. The van der Waals surface area contributed by atoms with E-state index >= 15 is 0 Å². The molecule has 0 saturated heterocycles. The molecule has 0 fully saturated rings. The maximum Gasteiger partial charge on any atom is 0.104 e. The standard InChI is InChI=1S/C3H6N2S/c1-3(4)5-2-6/h3H,4H2,1H3. The van der Waals surface area contributed by atoms with E-state index in [4.69, 9.17) is 5.73 Å². The van der Waals surface area contributed by atoms with Gasteiger partial charge >= 0.3 is 0 Å². The van der Waals surface area contributed by atoms with Crippen LogP contribution in [0.15, 0.2) is 4.99 Å². The molecule has 0 spiro atoms. The lowest BCUT2D eigenvalue weighted by atomic mass is 10.6. The largest absolute Gasteiger partial charge is 0.309 e. The van der Waals surface area contributed by atoms with Crippen LogP contribution in [0.25, 0.3) is 0 Å². The van der Waals surface area contributed by atoms with Crippen molar-refractivity contribution in [3.63, 3.8) is 0 Å². The number of nitrogens with zero attached hydrogens (tertiary/aromatic N) is 1. The Balaban J connectivity index is 3.29. The summed E-state index contributed by atoms with van der Waals surface area (Å²) in [4.78, 5) is 3.47. The minimum Gasteiger partial charge on any atom is -0.309 e. The van der Waals surface area contributed by atoms with E-state index in [0.29, 0.717) is 0 Å². The summed E-state index contributed by atoms with van der Waals surface area (Å²) in [6, 6.07) is 0. The zero-order chi connectivity index (χ0) is 4.99. The highest BCUT2D eigenvalue weighted by Crippen LogP contribution is 1.68. The molecule has 3 heteroatoms. The second kappa shape index (κ2) is 2.97. The molecule has 6 heavy (non-hydrogen) atoms. The molecule has 0 bridgehead atoms. The second-order valence-corrected chi connectivity index (χ2v) is 1.14. The molecule has 0 saturated carbocycles. The van der Waals surface area contributed by atoms with Crippen LogP contribution in [0, 0.1) is 0 Å². The molecule has 1 unspecified atom stereocenters. The lowest BCUT2D eigenvalue weighted by Crippen LogP contribution is -2.09.